The Morgan fingerprint density at radius 1 is 1.17 bits per heavy atom. The number of piperazine rings is 1. The van der Waals surface area contributed by atoms with Crippen LogP contribution in [0.3, 0.4) is 0 Å². The maximum Gasteiger partial charge on any atom is 0.236 e. The Hall–Kier alpha value is -0.650. The van der Waals surface area contributed by atoms with Crippen molar-refractivity contribution in [3.8, 4) is 0 Å². The fourth-order valence-corrected chi connectivity index (χ4v) is 2.90. The van der Waals surface area contributed by atoms with Gasteiger partial charge in [-0.15, -0.1) is 0 Å². The molecule has 2 saturated heterocycles. The number of hydrogen-bond acceptors (Lipinski definition) is 4. The number of rotatable bonds is 3. The molecule has 0 aromatic carbocycles. The fraction of sp³-hybridized carbons (Fsp3) is 0.923. The number of nitrogens with zero attached hydrogens (tertiary/aromatic N) is 3. The zero-order chi connectivity index (χ0) is 13.0. The van der Waals surface area contributed by atoms with Crippen LogP contribution in [0.4, 0.5) is 0 Å². The van der Waals surface area contributed by atoms with Crippen molar-refractivity contribution in [2.24, 2.45) is 5.73 Å². The summed E-state index contributed by atoms with van der Waals surface area (Å²) in [5.74, 6) is 0.290. The summed E-state index contributed by atoms with van der Waals surface area (Å²) in [5.41, 5.74) is 5.82. The minimum absolute atomic E-state index is 0.290. The first-order valence-electron chi connectivity index (χ1n) is 7.11. The summed E-state index contributed by atoms with van der Waals surface area (Å²) in [6, 6.07) is 0.331. The average molecular weight is 254 g/mol. The number of likely N-dealkylation sites (tertiary alicyclic amines) is 1. The summed E-state index contributed by atoms with van der Waals surface area (Å²) < 4.78 is 0. The predicted molar refractivity (Wildman–Crippen MR) is 72.3 cm³/mol. The highest BCUT2D eigenvalue weighted by atomic mass is 16.2. The van der Waals surface area contributed by atoms with E-state index in [-0.39, 0.29) is 5.91 Å². The van der Waals surface area contributed by atoms with E-state index in [0.717, 1.165) is 45.6 Å². The Morgan fingerprint density at radius 2 is 1.89 bits per heavy atom. The predicted octanol–water partition coefficient (Wildman–Crippen LogP) is -0.426. The molecule has 0 aliphatic carbocycles. The Balaban J connectivity index is 1.85. The van der Waals surface area contributed by atoms with Crippen LogP contribution in [0.2, 0.25) is 0 Å². The van der Waals surface area contributed by atoms with Crippen LogP contribution in [0.15, 0.2) is 0 Å². The van der Waals surface area contributed by atoms with Crippen LogP contribution >= 0.6 is 0 Å². The van der Waals surface area contributed by atoms with E-state index in [1.54, 1.807) is 0 Å². The quantitative estimate of drug-likeness (QED) is 0.743. The summed E-state index contributed by atoms with van der Waals surface area (Å²) in [5, 5.41) is 0. The van der Waals surface area contributed by atoms with Gasteiger partial charge < -0.3 is 15.5 Å². The lowest BCUT2D eigenvalue weighted by Crippen LogP contribution is -2.57. The fourth-order valence-electron chi connectivity index (χ4n) is 2.90. The van der Waals surface area contributed by atoms with Crippen molar-refractivity contribution in [3.63, 3.8) is 0 Å². The van der Waals surface area contributed by atoms with E-state index in [9.17, 15) is 4.79 Å². The molecule has 18 heavy (non-hydrogen) atoms. The Labute approximate surface area is 110 Å². The van der Waals surface area contributed by atoms with Crippen LogP contribution in [0.1, 0.15) is 19.3 Å². The summed E-state index contributed by atoms with van der Waals surface area (Å²) in [6.07, 6.45) is 3.59. The van der Waals surface area contributed by atoms with Gasteiger partial charge in [0.1, 0.15) is 0 Å². The standard InChI is InChI=1S/C13H26N4O/c1-15-7-8-17(12(9-14)10-15)11-13(18)16-5-3-2-4-6-16/h12H,2-11,14H2,1H3. The third-order valence-electron chi connectivity index (χ3n) is 4.13. The number of hydrogen-bond donors (Lipinski definition) is 1. The van der Waals surface area contributed by atoms with Crippen molar-refractivity contribution in [2.75, 3.05) is 52.9 Å². The molecular weight excluding hydrogens is 228 g/mol. The van der Waals surface area contributed by atoms with E-state index in [1.807, 2.05) is 4.90 Å². The number of amides is 1. The zero-order valence-corrected chi connectivity index (χ0v) is 11.5. The van der Waals surface area contributed by atoms with E-state index >= 15 is 0 Å². The van der Waals surface area contributed by atoms with Crippen molar-refractivity contribution in [3.05, 3.63) is 0 Å². The smallest absolute Gasteiger partial charge is 0.236 e. The van der Waals surface area contributed by atoms with Gasteiger partial charge in [0, 0.05) is 45.3 Å². The third-order valence-corrected chi connectivity index (χ3v) is 4.13. The first-order chi connectivity index (χ1) is 8.70. The summed E-state index contributed by atoms with van der Waals surface area (Å²) in [6.45, 7) is 6.04. The largest absolute Gasteiger partial charge is 0.342 e. The first kappa shape index (κ1) is 13.8. The molecule has 5 heteroatoms. The molecular formula is C13H26N4O. The van der Waals surface area contributed by atoms with Crippen molar-refractivity contribution in [2.45, 2.75) is 25.3 Å². The highest BCUT2D eigenvalue weighted by Crippen LogP contribution is 2.12. The molecule has 2 aliphatic rings. The molecule has 1 unspecified atom stereocenters. The molecule has 1 atom stereocenters. The molecule has 2 heterocycles. The van der Waals surface area contributed by atoms with Crippen LogP contribution in [0, 0.1) is 0 Å². The van der Waals surface area contributed by atoms with E-state index in [2.05, 4.69) is 16.8 Å². The SMILES string of the molecule is CN1CCN(CC(=O)N2CCCCC2)C(CN)C1. The van der Waals surface area contributed by atoms with Crippen molar-refractivity contribution < 1.29 is 4.79 Å². The minimum Gasteiger partial charge on any atom is -0.342 e. The second-order valence-corrected chi connectivity index (χ2v) is 5.56. The Bertz CT molecular complexity index is 278. The topological polar surface area (TPSA) is 52.8 Å². The van der Waals surface area contributed by atoms with Gasteiger partial charge in [0.2, 0.25) is 5.91 Å². The molecule has 0 saturated carbocycles. The highest BCUT2D eigenvalue weighted by molar-refractivity contribution is 5.78. The molecule has 104 valence electrons. The van der Waals surface area contributed by atoms with E-state index in [4.69, 9.17) is 5.73 Å². The minimum atomic E-state index is 0.290. The molecule has 0 radical (unpaired) electrons. The van der Waals surface area contributed by atoms with E-state index < -0.39 is 0 Å². The number of likely N-dealkylation sites (N-methyl/N-ethyl adjacent to an activating group) is 1. The normalized spacial score (nSPS) is 27.4. The number of nitrogens with two attached hydrogens (primary N) is 1. The molecule has 2 N–H and O–H groups in total. The molecule has 0 aromatic rings. The molecule has 0 bridgehead atoms. The van der Waals surface area contributed by atoms with Gasteiger partial charge >= 0.3 is 0 Å². The van der Waals surface area contributed by atoms with Gasteiger partial charge in [-0.05, 0) is 26.3 Å². The monoisotopic (exact) mass is 254 g/mol. The van der Waals surface area contributed by atoms with Gasteiger partial charge in [-0.2, -0.15) is 0 Å². The van der Waals surface area contributed by atoms with Crippen molar-refractivity contribution in [1.29, 1.82) is 0 Å². The van der Waals surface area contributed by atoms with Crippen LogP contribution in [-0.2, 0) is 4.79 Å². The van der Waals surface area contributed by atoms with Gasteiger partial charge in [0.25, 0.3) is 0 Å². The van der Waals surface area contributed by atoms with Crippen LogP contribution < -0.4 is 5.73 Å². The Kier molecular flexibility index (Phi) is 4.97. The van der Waals surface area contributed by atoms with Gasteiger partial charge in [0.05, 0.1) is 6.54 Å². The second-order valence-electron chi connectivity index (χ2n) is 5.56. The average Bonchev–Trinajstić information content (AvgIpc) is 2.41. The van der Waals surface area contributed by atoms with Gasteiger partial charge in [0.15, 0.2) is 0 Å². The molecule has 2 fully saturated rings. The van der Waals surface area contributed by atoms with E-state index in [0.29, 0.717) is 19.1 Å². The third kappa shape index (κ3) is 3.43. The maximum atomic E-state index is 12.2. The van der Waals surface area contributed by atoms with Crippen LogP contribution in [-0.4, -0.2) is 79.5 Å². The molecule has 0 spiro atoms. The summed E-state index contributed by atoms with van der Waals surface area (Å²) >= 11 is 0. The van der Waals surface area contributed by atoms with Crippen molar-refractivity contribution in [1.82, 2.24) is 14.7 Å². The van der Waals surface area contributed by atoms with E-state index in [1.165, 1.54) is 6.42 Å². The van der Waals surface area contributed by atoms with Gasteiger partial charge in [-0.1, -0.05) is 0 Å². The van der Waals surface area contributed by atoms with Gasteiger partial charge in [-0.25, -0.2) is 0 Å². The maximum absolute atomic E-state index is 12.2. The molecule has 2 aliphatic heterocycles. The highest BCUT2D eigenvalue weighted by Gasteiger charge is 2.27. The summed E-state index contributed by atoms with van der Waals surface area (Å²) in [4.78, 5) is 18.8. The molecule has 5 nitrogen and oxygen atoms in total. The lowest BCUT2D eigenvalue weighted by Gasteiger charge is -2.40. The molecule has 2 rings (SSSR count). The first-order valence-corrected chi connectivity index (χ1v) is 7.11. The van der Waals surface area contributed by atoms with Crippen LogP contribution in [0.25, 0.3) is 0 Å². The number of carbonyl (C=O) groups excluding carboxylic acids is 1. The Morgan fingerprint density at radius 3 is 2.56 bits per heavy atom. The molecule has 0 aromatic heterocycles. The van der Waals surface area contributed by atoms with Crippen LogP contribution in [0.5, 0.6) is 0 Å². The lowest BCUT2D eigenvalue weighted by atomic mass is 10.1. The number of carbonyl (C=O) groups is 1. The number of piperidine rings is 1. The zero-order valence-electron chi connectivity index (χ0n) is 11.5. The lowest BCUT2D eigenvalue weighted by molar-refractivity contribution is -0.134. The van der Waals surface area contributed by atoms with Crippen molar-refractivity contribution >= 4 is 5.91 Å². The molecule has 1 amide bonds. The second kappa shape index (κ2) is 6.50. The summed E-state index contributed by atoms with van der Waals surface area (Å²) in [7, 11) is 2.12. The van der Waals surface area contributed by atoms with Gasteiger partial charge in [-0.3, -0.25) is 9.69 Å².